The third-order valence-corrected chi connectivity index (χ3v) is 4.33. The van der Waals surface area contributed by atoms with Gasteiger partial charge in [0.05, 0.1) is 30.2 Å². The van der Waals surface area contributed by atoms with E-state index < -0.39 is 0 Å². The first-order chi connectivity index (χ1) is 12.3. The summed E-state index contributed by atoms with van der Waals surface area (Å²) in [5.74, 6) is 0.367. The first-order valence-corrected chi connectivity index (χ1v) is 8.61. The Kier molecular flexibility index (Phi) is 4.47. The molecule has 7 heteroatoms. The first kappa shape index (κ1) is 15.8. The number of carbonyl (C=O) groups excluding carboxylic acids is 1. The summed E-state index contributed by atoms with van der Waals surface area (Å²) in [4.78, 5) is 22.8. The average Bonchev–Trinajstić information content (AvgIpc) is 3.47. The minimum absolute atomic E-state index is 0.109. The van der Waals surface area contributed by atoms with E-state index in [1.165, 1.54) is 0 Å². The van der Waals surface area contributed by atoms with Crippen LogP contribution in [0.25, 0.3) is 0 Å². The lowest BCUT2D eigenvalue weighted by atomic mass is 10.2. The number of amides is 1. The maximum Gasteiger partial charge on any atom is 0.254 e. The molecular weight excluding hydrogens is 318 g/mol. The molecule has 25 heavy (non-hydrogen) atoms. The van der Waals surface area contributed by atoms with Gasteiger partial charge in [0.2, 0.25) is 5.95 Å². The van der Waals surface area contributed by atoms with Crippen molar-refractivity contribution in [3.05, 3.63) is 42.2 Å². The number of benzene rings is 1. The highest BCUT2D eigenvalue weighted by Gasteiger charge is 2.24. The first-order valence-electron chi connectivity index (χ1n) is 8.61. The predicted octanol–water partition coefficient (Wildman–Crippen LogP) is 1.95. The summed E-state index contributed by atoms with van der Waals surface area (Å²) in [6, 6.07) is 8.39. The second kappa shape index (κ2) is 7.06. The highest BCUT2D eigenvalue weighted by molar-refractivity contribution is 5.94. The number of nitrogens with one attached hydrogen (secondary N) is 2. The lowest BCUT2D eigenvalue weighted by Crippen LogP contribution is -2.36. The van der Waals surface area contributed by atoms with E-state index in [1.807, 2.05) is 18.2 Å². The van der Waals surface area contributed by atoms with Crippen LogP contribution in [0.5, 0.6) is 0 Å². The summed E-state index contributed by atoms with van der Waals surface area (Å²) in [5, 5.41) is 6.19. The van der Waals surface area contributed by atoms with Gasteiger partial charge in [-0.2, -0.15) is 0 Å². The van der Waals surface area contributed by atoms with Gasteiger partial charge >= 0.3 is 0 Å². The van der Waals surface area contributed by atoms with Crippen molar-refractivity contribution in [3.63, 3.8) is 0 Å². The number of morpholine rings is 1. The van der Waals surface area contributed by atoms with E-state index >= 15 is 0 Å². The van der Waals surface area contributed by atoms with Gasteiger partial charge in [0.1, 0.15) is 0 Å². The summed E-state index contributed by atoms with van der Waals surface area (Å²) in [6.45, 7) is 3.19. The van der Waals surface area contributed by atoms with Crippen molar-refractivity contribution in [2.24, 2.45) is 0 Å². The molecule has 1 saturated heterocycles. The molecule has 1 aromatic carbocycles. The lowest BCUT2D eigenvalue weighted by Gasteiger charge is -2.30. The summed E-state index contributed by atoms with van der Waals surface area (Å²) in [5.41, 5.74) is 2.53. The predicted molar refractivity (Wildman–Crippen MR) is 95.3 cm³/mol. The number of rotatable bonds is 5. The second-order valence-electron chi connectivity index (χ2n) is 6.28. The number of aromatic nitrogens is 2. The van der Waals surface area contributed by atoms with Crippen LogP contribution in [-0.2, 0) is 4.74 Å². The van der Waals surface area contributed by atoms with E-state index in [0.29, 0.717) is 17.6 Å². The molecule has 0 spiro atoms. The van der Waals surface area contributed by atoms with Crippen LogP contribution in [-0.4, -0.2) is 48.2 Å². The molecule has 0 bridgehead atoms. The molecule has 2 fully saturated rings. The molecule has 2 N–H and O–H groups in total. The molecule has 2 aliphatic rings. The van der Waals surface area contributed by atoms with Crippen molar-refractivity contribution in [1.82, 2.24) is 15.3 Å². The van der Waals surface area contributed by atoms with Crippen molar-refractivity contribution in [1.29, 1.82) is 0 Å². The molecule has 7 nitrogen and oxygen atoms in total. The van der Waals surface area contributed by atoms with Crippen LogP contribution in [0, 0.1) is 0 Å². The Morgan fingerprint density at radius 3 is 2.56 bits per heavy atom. The average molecular weight is 339 g/mol. The van der Waals surface area contributed by atoms with Crippen molar-refractivity contribution >= 4 is 23.2 Å². The lowest BCUT2D eigenvalue weighted by molar-refractivity contribution is 0.0950. The maximum atomic E-state index is 12.0. The Morgan fingerprint density at radius 2 is 1.84 bits per heavy atom. The van der Waals surface area contributed by atoms with E-state index in [4.69, 9.17) is 4.74 Å². The molecular formula is C18H21N5O2. The molecule has 130 valence electrons. The van der Waals surface area contributed by atoms with Crippen LogP contribution in [0.4, 0.5) is 17.3 Å². The Balaban J connectivity index is 1.47. The van der Waals surface area contributed by atoms with Gasteiger partial charge < -0.3 is 20.3 Å². The summed E-state index contributed by atoms with van der Waals surface area (Å²) < 4.78 is 5.42. The zero-order chi connectivity index (χ0) is 17.1. The SMILES string of the molecule is O=C(NC1CC1)c1cnc(Nc2ccccc2N2CCOCC2)nc1. The van der Waals surface area contributed by atoms with E-state index in [2.05, 4.69) is 31.6 Å². The molecule has 2 heterocycles. The van der Waals surface area contributed by atoms with Crippen molar-refractivity contribution in [2.75, 3.05) is 36.5 Å². The number of anilines is 3. The quantitative estimate of drug-likeness (QED) is 0.867. The smallest absolute Gasteiger partial charge is 0.254 e. The van der Waals surface area contributed by atoms with Gasteiger partial charge in [-0.25, -0.2) is 9.97 Å². The highest BCUT2D eigenvalue weighted by Crippen LogP contribution is 2.28. The van der Waals surface area contributed by atoms with Crippen LogP contribution >= 0.6 is 0 Å². The minimum atomic E-state index is -0.109. The summed E-state index contributed by atoms with van der Waals surface area (Å²) in [6.07, 6.45) is 5.24. The second-order valence-corrected chi connectivity index (χ2v) is 6.28. The normalized spacial score (nSPS) is 17.2. The van der Waals surface area contributed by atoms with Gasteiger partial charge in [-0.3, -0.25) is 4.79 Å². The molecule has 4 rings (SSSR count). The Morgan fingerprint density at radius 1 is 1.12 bits per heavy atom. The molecule has 1 saturated carbocycles. The van der Waals surface area contributed by atoms with Gasteiger partial charge in [0.25, 0.3) is 5.91 Å². The number of nitrogens with zero attached hydrogens (tertiary/aromatic N) is 3. The third-order valence-electron chi connectivity index (χ3n) is 4.33. The van der Waals surface area contributed by atoms with Gasteiger partial charge in [-0.05, 0) is 25.0 Å². The van der Waals surface area contributed by atoms with E-state index in [1.54, 1.807) is 12.4 Å². The number of hydrogen-bond donors (Lipinski definition) is 2. The van der Waals surface area contributed by atoms with Crippen LogP contribution in [0.15, 0.2) is 36.7 Å². The standard InChI is InChI=1S/C18H21N5O2/c24-17(21-14-5-6-14)13-11-19-18(20-12-13)22-15-3-1-2-4-16(15)23-7-9-25-10-8-23/h1-4,11-12,14H,5-10H2,(H,21,24)(H,19,20,22). The number of para-hydroxylation sites is 2. The van der Waals surface area contributed by atoms with Crippen LogP contribution in [0.1, 0.15) is 23.2 Å². The molecule has 0 radical (unpaired) electrons. The minimum Gasteiger partial charge on any atom is -0.378 e. The van der Waals surface area contributed by atoms with Crippen molar-refractivity contribution in [3.8, 4) is 0 Å². The van der Waals surface area contributed by atoms with Crippen molar-refractivity contribution in [2.45, 2.75) is 18.9 Å². The highest BCUT2D eigenvalue weighted by atomic mass is 16.5. The number of hydrogen-bond acceptors (Lipinski definition) is 6. The van der Waals surface area contributed by atoms with Crippen LogP contribution < -0.4 is 15.5 Å². The molecule has 1 aliphatic heterocycles. The zero-order valence-electron chi connectivity index (χ0n) is 13.9. The summed E-state index contributed by atoms with van der Waals surface area (Å²) >= 11 is 0. The fraction of sp³-hybridized carbons (Fsp3) is 0.389. The zero-order valence-corrected chi connectivity index (χ0v) is 13.9. The third kappa shape index (κ3) is 3.88. The van der Waals surface area contributed by atoms with Gasteiger partial charge in [0.15, 0.2) is 0 Å². The Hall–Kier alpha value is -2.67. The fourth-order valence-corrected chi connectivity index (χ4v) is 2.79. The van der Waals surface area contributed by atoms with Gasteiger partial charge in [-0.1, -0.05) is 12.1 Å². The maximum absolute atomic E-state index is 12.0. The molecule has 1 amide bonds. The molecule has 1 aliphatic carbocycles. The Bertz CT molecular complexity index is 739. The molecule has 2 aromatic rings. The number of ether oxygens (including phenoxy) is 1. The van der Waals surface area contributed by atoms with Crippen molar-refractivity contribution < 1.29 is 9.53 Å². The topological polar surface area (TPSA) is 79.4 Å². The van der Waals surface area contributed by atoms with Gasteiger partial charge in [-0.15, -0.1) is 0 Å². The summed E-state index contributed by atoms with van der Waals surface area (Å²) in [7, 11) is 0. The molecule has 1 aromatic heterocycles. The van der Waals surface area contributed by atoms with E-state index in [0.717, 1.165) is 50.5 Å². The largest absolute Gasteiger partial charge is 0.378 e. The Labute approximate surface area is 146 Å². The van der Waals surface area contributed by atoms with Gasteiger partial charge in [0, 0.05) is 31.5 Å². The van der Waals surface area contributed by atoms with E-state index in [9.17, 15) is 4.79 Å². The van der Waals surface area contributed by atoms with Crippen LogP contribution in [0.2, 0.25) is 0 Å². The number of carbonyl (C=O) groups is 1. The molecule has 0 unspecified atom stereocenters. The fourth-order valence-electron chi connectivity index (χ4n) is 2.79. The van der Waals surface area contributed by atoms with E-state index in [-0.39, 0.29) is 5.91 Å². The monoisotopic (exact) mass is 339 g/mol. The molecule has 0 atom stereocenters. The van der Waals surface area contributed by atoms with Crippen LogP contribution in [0.3, 0.4) is 0 Å².